The minimum Gasteiger partial charge on any atom is -0.484 e. The lowest BCUT2D eigenvalue weighted by Gasteiger charge is -2.02. The van der Waals surface area contributed by atoms with Crippen molar-refractivity contribution in [3.63, 3.8) is 0 Å². The van der Waals surface area contributed by atoms with Gasteiger partial charge in [-0.15, -0.1) is 0 Å². The van der Waals surface area contributed by atoms with Crippen LogP contribution in [0, 0.1) is 0 Å². The minimum atomic E-state index is -0.102. The van der Waals surface area contributed by atoms with Crippen molar-refractivity contribution in [2.24, 2.45) is 0 Å². The summed E-state index contributed by atoms with van der Waals surface area (Å²) in [6.45, 7) is 0.0623. The van der Waals surface area contributed by atoms with Crippen molar-refractivity contribution in [2.45, 2.75) is 13.2 Å². The summed E-state index contributed by atoms with van der Waals surface area (Å²) in [6, 6.07) is 10.5. The standard InChI is InChI=1S/C15H12ClN3O3/c16-11-3-1-10(2-4-11)15-18-14(19-22-15)9-21-13-6-5-12(8-20)17-7-13/h1-7,20H,8-9H2. The van der Waals surface area contributed by atoms with Crippen LogP contribution in [0.25, 0.3) is 11.5 Å². The number of nitrogens with zero attached hydrogens (tertiary/aromatic N) is 3. The fourth-order valence-electron chi connectivity index (χ4n) is 1.76. The van der Waals surface area contributed by atoms with Crippen LogP contribution in [0.15, 0.2) is 47.1 Å². The van der Waals surface area contributed by atoms with E-state index in [1.807, 2.05) is 0 Å². The van der Waals surface area contributed by atoms with Crippen LogP contribution < -0.4 is 4.74 Å². The van der Waals surface area contributed by atoms with Gasteiger partial charge in [-0.3, -0.25) is 4.98 Å². The first-order chi connectivity index (χ1) is 10.7. The van der Waals surface area contributed by atoms with Gasteiger partial charge in [-0.05, 0) is 36.4 Å². The van der Waals surface area contributed by atoms with Crippen molar-refractivity contribution in [1.29, 1.82) is 0 Å². The zero-order valence-corrected chi connectivity index (χ0v) is 12.2. The monoisotopic (exact) mass is 317 g/mol. The first kappa shape index (κ1) is 14.5. The van der Waals surface area contributed by atoms with E-state index < -0.39 is 0 Å². The van der Waals surface area contributed by atoms with Gasteiger partial charge in [-0.25, -0.2) is 0 Å². The van der Waals surface area contributed by atoms with Crippen LogP contribution in [-0.4, -0.2) is 20.2 Å². The van der Waals surface area contributed by atoms with E-state index in [9.17, 15) is 0 Å². The van der Waals surface area contributed by atoms with Crippen LogP contribution in [0.4, 0.5) is 0 Å². The molecule has 0 atom stereocenters. The van der Waals surface area contributed by atoms with Crippen LogP contribution in [0.5, 0.6) is 5.75 Å². The third-order valence-electron chi connectivity index (χ3n) is 2.89. The second-order valence-electron chi connectivity index (χ2n) is 4.45. The molecule has 3 rings (SSSR count). The van der Waals surface area contributed by atoms with Crippen molar-refractivity contribution in [1.82, 2.24) is 15.1 Å². The quantitative estimate of drug-likeness (QED) is 0.779. The van der Waals surface area contributed by atoms with Crippen LogP contribution in [0.2, 0.25) is 5.02 Å². The molecule has 1 aromatic carbocycles. The lowest BCUT2D eigenvalue weighted by Crippen LogP contribution is -1.98. The Morgan fingerprint density at radius 1 is 1.14 bits per heavy atom. The average Bonchev–Trinajstić information content (AvgIpc) is 3.03. The van der Waals surface area contributed by atoms with E-state index in [1.165, 1.54) is 6.20 Å². The Morgan fingerprint density at radius 3 is 2.64 bits per heavy atom. The number of aliphatic hydroxyl groups is 1. The van der Waals surface area contributed by atoms with Gasteiger partial charge in [0, 0.05) is 10.6 Å². The second kappa shape index (κ2) is 6.55. The van der Waals surface area contributed by atoms with E-state index in [0.717, 1.165) is 5.56 Å². The maximum atomic E-state index is 8.92. The van der Waals surface area contributed by atoms with Crippen LogP contribution in [0.3, 0.4) is 0 Å². The lowest BCUT2D eigenvalue weighted by atomic mass is 10.2. The SMILES string of the molecule is OCc1ccc(OCc2noc(-c3ccc(Cl)cc3)n2)cn1. The van der Waals surface area contributed by atoms with Gasteiger partial charge in [-0.2, -0.15) is 4.98 Å². The molecular weight excluding hydrogens is 306 g/mol. The highest BCUT2D eigenvalue weighted by atomic mass is 35.5. The first-order valence-corrected chi connectivity index (χ1v) is 6.89. The molecule has 112 valence electrons. The molecule has 0 aliphatic rings. The third kappa shape index (κ3) is 3.41. The number of ether oxygens (including phenoxy) is 1. The van der Waals surface area contributed by atoms with E-state index in [4.69, 9.17) is 26.0 Å². The Labute approximate surface area is 131 Å². The molecular formula is C15H12ClN3O3. The number of rotatable bonds is 5. The Hall–Kier alpha value is -2.44. The number of hydrogen-bond donors (Lipinski definition) is 1. The van der Waals surface area contributed by atoms with Gasteiger partial charge in [-0.1, -0.05) is 16.8 Å². The summed E-state index contributed by atoms with van der Waals surface area (Å²) < 4.78 is 10.7. The largest absolute Gasteiger partial charge is 0.484 e. The molecule has 2 heterocycles. The molecule has 0 bridgehead atoms. The molecule has 2 aromatic heterocycles. The molecule has 7 heteroatoms. The van der Waals surface area contributed by atoms with Gasteiger partial charge >= 0.3 is 0 Å². The van der Waals surface area contributed by atoms with Crippen molar-refractivity contribution in [3.8, 4) is 17.2 Å². The van der Waals surface area contributed by atoms with Crippen LogP contribution in [-0.2, 0) is 13.2 Å². The van der Waals surface area contributed by atoms with Gasteiger partial charge < -0.3 is 14.4 Å². The zero-order chi connectivity index (χ0) is 15.4. The van der Waals surface area contributed by atoms with Crippen LogP contribution >= 0.6 is 11.6 Å². The van der Waals surface area contributed by atoms with Gasteiger partial charge in [0.15, 0.2) is 6.61 Å². The normalized spacial score (nSPS) is 10.6. The average molecular weight is 318 g/mol. The number of halogens is 1. The molecule has 0 amide bonds. The molecule has 3 aromatic rings. The second-order valence-corrected chi connectivity index (χ2v) is 4.89. The molecule has 0 fully saturated rings. The molecule has 0 saturated carbocycles. The molecule has 0 radical (unpaired) electrons. The summed E-state index contributed by atoms with van der Waals surface area (Å²) in [4.78, 5) is 8.27. The molecule has 0 spiro atoms. The van der Waals surface area contributed by atoms with Crippen molar-refractivity contribution >= 4 is 11.6 Å². The first-order valence-electron chi connectivity index (χ1n) is 6.52. The number of hydrogen-bond acceptors (Lipinski definition) is 6. The minimum absolute atomic E-state index is 0.102. The Balaban J connectivity index is 1.65. The molecule has 22 heavy (non-hydrogen) atoms. The van der Waals surface area contributed by atoms with Gasteiger partial charge in [0.05, 0.1) is 18.5 Å². The highest BCUT2D eigenvalue weighted by molar-refractivity contribution is 6.30. The number of aliphatic hydroxyl groups excluding tert-OH is 1. The van der Waals surface area contributed by atoms with Crippen molar-refractivity contribution in [3.05, 3.63) is 59.1 Å². The third-order valence-corrected chi connectivity index (χ3v) is 3.14. The number of pyridine rings is 1. The van der Waals surface area contributed by atoms with Gasteiger partial charge in [0.1, 0.15) is 5.75 Å². The summed E-state index contributed by atoms with van der Waals surface area (Å²) >= 11 is 5.84. The molecule has 6 nitrogen and oxygen atoms in total. The summed E-state index contributed by atoms with van der Waals surface area (Å²) in [5.41, 5.74) is 1.37. The van der Waals surface area contributed by atoms with Gasteiger partial charge in [0.2, 0.25) is 5.82 Å². The molecule has 0 saturated heterocycles. The Kier molecular flexibility index (Phi) is 4.32. The maximum Gasteiger partial charge on any atom is 0.258 e. The van der Waals surface area contributed by atoms with Crippen molar-refractivity contribution < 1.29 is 14.4 Å². The van der Waals surface area contributed by atoms with E-state index >= 15 is 0 Å². The zero-order valence-electron chi connectivity index (χ0n) is 11.4. The van der Waals surface area contributed by atoms with Gasteiger partial charge in [0.25, 0.3) is 5.89 Å². The Morgan fingerprint density at radius 2 is 1.95 bits per heavy atom. The number of aromatic nitrogens is 3. The molecule has 1 N–H and O–H groups in total. The summed E-state index contributed by atoms with van der Waals surface area (Å²) in [5.74, 6) is 1.40. The predicted molar refractivity (Wildman–Crippen MR) is 79.2 cm³/mol. The van der Waals surface area contributed by atoms with Crippen LogP contribution in [0.1, 0.15) is 11.5 Å². The van der Waals surface area contributed by atoms with E-state index in [0.29, 0.717) is 28.2 Å². The van der Waals surface area contributed by atoms with E-state index in [-0.39, 0.29) is 13.2 Å². The fraction of sp³-hybridized carbons (Fsp3) is 0.133. The predicted octanol–water partition coefficient (Wildman–Crippen LogP) is 2.86. The topological polar surface area (TPSA) is 81.3 Å². The smallest absolute Gasteiger partial charge is 0.258 e. The highest BCUT2D eigenvalue weighted by Gasteiger charge is 2.09. The lowest BCUT2D eigenvalue weighted by molar-refractivity contribution is 0.273. The number of benzene rings is 1. The summed E-state index contributed by atoms with van der Waals surface area (Å²) in [7, 11) is 0. The fourth-order valence-corrected chi connectivity index (χ4v) is 1.89. The maximum absolute atomic E-state index is 8.92. The molecule has 0 unspecified atom stereocenters. The van der Waals surface area contributed by atoms with E-state index in [2.05, 4.69) is 15.1 Å². The summed E-state index contributed by atoms with van der Waals surface area (Å²) in [5, 5.41) is 13.4. The molecule has 0 aliphatic heterocycles. The van der Waals surface area contributed by atoms with E-state index in [1.54, 1.807) is 36.4 Å². The molecule has 0 aliphatic carbocycles. The van der Waals surface area contributed by atoms with Crippen molar-refractivity contribution in [2.75, 3.05) is 0 Å². The summed E-state index contributed by atoms with van der Waals surface area (Å²) in [6.07, 6.45) is 1.53. The Bertz CT molecular complexity index is 741. The highest BCUT2D eigenvalue weighted by Crippen LogP contribution is 2.20.